The third kappa shape index (κ3) is 13.6. The number of hydrogen-bond acceptors (Lipinski definition) is 6. The van der Waals surface area contributed by atoms with Crippen molar-refractivity contribution in [2.45, 2.75) is 78.3 Å². The van der Waals surface area contributed by atoms with E-state index >= 15 is 0 Å². The van der Waals surface area contributed by atoms with E-state index in [0.29, 0.717) is 17.7 Å². The summed E-state index contributed by atoms with van der Waals surface area (Å²) in [6, 6.07) is 13.7. The molecule has 0 radical (unpaired) electrons. The first-order valence-electron chi connectivity index (χ1n) is 15.0. The number of carboxylic acid groups (broad SMARTS) is 2. The van der Waals surface area contributed by atoms with Crippen LogP contribution in [0.4, 0.5) is 11.4 Å². The number of benzene rings is 2. The Morgan fingerprint density at radius 2 is 1.46 bits per heavy atom. The van der Waals surface area contributed by atoms with E-state index in [2.05, 4.69) is 26.3 Å². The lowest BCUT2D eigenvalue weighted by molar-refractivity contribution is -0.142. The van der Waals surface area contributed by atoms with Crippen molar-refractivity contribution in [1.82, 2.24) is 16.0 Å². The molecule has 2 aromatic carbocycles. The molecule has 12 nitrogen and oxygen atoms in total. The predicted octanol–water partition coefficient (Wildman–Crippen LogP) is 4.90. The first kappa shape index (κ1) is 37.0. The maximum atomic E-state index is 13.4. The van der Waals surface area contributed by atoms with Crippen molar-refractivity contribution < 1.29 is 29.4 Å². The Morgan fingerprint density at radius 3 is 1.96 bits per heavy atom. The lowest BCUT2D eigenvalue weighted by atomic mass is 9.89. The van der Waals surface area contributed by atoms with Crippen molar-refractivity contribution in [3.8, 4) is 6.19 Å². The Morgan fingerprint density at radius 1 is 0.891 bits per heavy atom. The molecular formula is C34H44N6O6. The normalized spacial score (nSPS) is 13.7. The van der Waals surface area contributed by atoms with E-state index in [1.165, 1.54) is 12.2 Å². The van der Waals surface area contributed by atoms with Crippen LogP contribution in [0.25, 0.3) is 0 Å². The molecule has 0 aliphatic rings. The Kier molecular flexibility index (Phi) is 14.4. The average Bonchev–Trinajstić information content (AvgIpc) is 2.96. The zero-order valence-corrected chi connectivity index (χ0v) is 26.9. The van der Waals surface area contributed by atoms with Crippen molar-refractivity contribution in [2.75, 3.05) is 5.32 Å². The minimum atomic E-state index is -1.25. The van der Waals surface area contributed by atoms with Crippen molar-refractivity contribution in [2.24, 2.45) is 16.3 Å². The van der Waals surface area contributed by atoms with Crippen LogP contribution in [-0.4, -0.2) is 52.0 Å². The van der Waals surface area contributed by atoms with Crippen LogP contribution >= 0.6 is 0 Å². The van der Waals surface area contributed by atoms with Crippen LogP contribution in [0.2, 0.25) is 0 Å². The van der Waals surface area contributed by atoms with E-state index in [1.807, 2.05) is 71.1 Å². The van der Waals surface area contributed by atoms with Gasteiger partial charge in [0, 0.05) is 12.1 Å². The maximum absolute atomic E-state index is 13.4. The van der Waals surface area contributed by atoms with Crippen molar-refractivity contribution in [3.63, 3.8) is 0 Å². The number of carbonyl (C=O) groups excluding carboxylic acids is 2. The quantitative estimate of drug-likeness (QED) is 0.0521. The maximum Gasteiger partial charge on any atom is 0.326 e. The number of hydrogen-bond donors (Lipinski definition) is 6. The van der Waals surface area contributed by atoms with E-state index in [9.17, 15) is 29.4 Å². The first-order chi connectivity index (χ1) is 21.7. The van der Waals surface area contributed by atoms with Gasteiger partial charge in [-0.05, 0) is 60.4 Å². The monoisotopic (exact) mass is 632 g/mol. The molecule has 3 unspecified atom stereocenters. The molecule has 246 valence electrons. The number of rotatable bonds is 15. The Labute approximate surface area is 270 Å². The van der Waals surface area contributed by atoms with Crippen LogP contribution in [-0.2, 0) is 19.2 Å². The lowest BCUT2D eigenvalue weighted by Crippen LogP contribution is -2.43. The fourth-order valence-electron chi connectivity index (χ4n) is 4.48. The molecule has 0 spiro atoms. The largest absolute Gasteiger partial charge is 0.480 e. The highest BCUT2D eigenvalue weighted by atomic mass is 16.4. The van der Waals surface area contributed by atoms with E-state index in [4.69, 9.17) is 5.26 Å². The standard InChI is InChI=1S/C34H44N6O6/c1-22(2)19-26(23-15-17-25(18-16-23)38-33(36-21-35)37-24-11-7-6-8-12-24)30(42)40-28(32(45)46)14-10-9-13-27(31(43)44)39-29(41)20-34(3,4)5/h6-12,15-18,22,26-28H,13-14,19-20H2,1-5H3,(H,39,41)(H,40,42)(H,43,44)(H,45,46)(H2,36,37,38). The van der Waals surface area contributed by atoms with Crippen LogP contribution in [0.3, 0.4) is 0 Å². The number of guanidine groups is 1. The number of amides is 2. The molecule has 3 atom stereocenters. The number of para-hydroxylation sites is 1. The Bertz CT molecular complexity index is 1420. The molecule has 6 N–H and O–H groups in total. The van der Waals surface area contributed by atoms with Gasteiger partial charge in [-0.1, -0.05) is 77.1 Å². The van der Waals surface area contributed by atoms with Gasteiger partial charge in [0.15, 0.2) is 6.19 Å². The van der Waals surface area contributed by atoms with Gasteiger partial charge in [0.1, 0.15) is 12.1 Å². The smallest absolute Gasteiger partial charge is 0.326 e. The molecule has 0 saturated heterocycles. The second-order valence-corrected chi connectivity index (χ2v) is 12.5. The number of anilines is 1. The number of nitrogens with zero attached hydrogens (tertiary/aromatic N) is 2. The summed E-state index contributed by atoms with van der Waals surface area (Å²) in [5.74, 6) is -3.57. The van der Waals surface area contributed by atoms with Crippen LogP contribution < -0.4 is 21.3 Å². The fourth-order valence-corrected chi connectivity index (χ4v) is 4.48. The van der Waals surface area contributed by atoms with Gasteiger partial charge in [-0.15, -0.1) is 0 Å². The molecule has 0 saturated carbocycles. The zero-order valence-electron chi connectivity index (χ0n) is 26.9. The number of nitrogens with one attached hydrogen (secondary N) is 4. The second-order valence-electron chi connectivity index (χ2n) is 12.5. The minimum Gasteiger partial charge on any atom is -0.480 e. The van der Waals surface area contributed by atoms with Crippen LogP contribution in [0.15, 0.2) is 71.7 Å². The molecule has 0 aliphatic heterocycles. The number of aliphatic imine (C=N–C) groups is 1. The highest BCUT2D eigenvalue weighted by Crippen LogP contribution is 2.27. The van der Waals surface area contributed by atoms with E-state index in [-0.39, 0.29) is 42.5 Å². The SMILES string of the molecule is CC(C)CC(C(=O)NC(CC=CCC(NC(=O)CC(C)(C)C)C(=O)O)C(=O)O)c1ccc(N=C(NC#N)Nc2ccccc2)cc1. The Hall–Kier alpha value is -5.18. The molecular weight excluding hydrogens is 588 g/mol. The summed E-state index contributed by atoms with van der Waals surface area (Å²) in [6.45, 7) is 9.54. The van der Waals surface area contributed by atoms with E-state index < -0.39 is 35.8 Å². The van der Waals surface area contributed by atoms with Crippen molar-refractivity contribution >= 4 is 41.1 Å². The second kappa shape index (κ2) is 17.9. The van der Waals surface area contributed by atoms with Gasteiger partial charge >= 0.3 is 11.9 Å². The van der Waals surface area contributed by atoms with Gasteiger partial charge in [0.05, 0.1) is 11.6 Å². The number of aliphatic carboxylic acids is 2. The summed E-state index contributed by atoms with van der Waals surface area (Å²) in [6.07, 6.45) is 5.34. The summed E-state index contributed by atoms with van der Waals surface area (Å²) in [5.41, 5.74) is 1.63. The van der Waals surface area contributed by atoms with Crippen molar-refractivity contribution in [3.05, 3.63) is 72.3 Å². The number of nitriles is 1. The first-order valence-corrected chi connectivity index (χ1v) is 15.0. The van der Waals surface area contributed by atoms with Crippen LogP contribution in [0, 0.1) is 22.8 Å². The van der Waals surface area contributed by atoms with E-state index in [1.54, 1.807) is 24.3 Å². The van der Waals surface area contributed by atoms with E-state index in [0.717, 1.165) is 5.69 Å². The Balaban J connectivity index is 2.12. The van der Waals surface area contributed by atoms with Gasteiger partial charge in [-0.25, -0.2) is 14.6 Å². The van der Waals surface area contributed by atoms with Gasteiger partial charge in [-0.3, -0.25) is 14.9 Å². The molecule has 0 aliphatic carbocycles. The summed E-state index contributed by atoms with van der Waals surface area (Å²) in [7, 11) is 0. The molecule has 46 heavy (non-hydrogen) atoms. The van der Waals surface area contributed by atoms with Crippen LogP contribution in [0.5, 0.6) is 0 Å². The molecule has 0 bridgehead atoms. The molecule has 12 heteroatoms. The highest BCUT2D eigenvalue weighted by molar-refractivity contribution is 5.96. The molecule has 0 fully saturated rings. The number of carbonyl (C=O) groups is 4. The third-order valence-electron chi connectivity index (χ3n) is 6.62. The molecule has 0 heterocycles. The zero-order chi connectivity index (χ0) is 34.3. The lowest BCUT2D eigenvalue weighted by Gasteiger charge is -2.22. The molecule has 0 aromatic heterocycles. The summed E-state index contributed by atoms with van der Waals surface area (Å²) >= 11 is 0. The molecule has 2 amide bonds. The number of carboxylic acids is 2. The van der Waals surface area contributed by atoms with Crippen LogP contribution in [0.1, 0.15) is 71.8 Å². The molecule has 2 rings (SSSR count). The average molecular weight is 633 g/mol. The van der Waals surface area contributed by atoms with Gasteiger partial charge in [-0.2, -0.15) is 5.26 Å². The molecule has 2 aromatic rings. The van der Waals surface area contributed by atoms with Crippen molar-refractivity contribution in [1.29, 1.82) is 5.26 Å². The van der Waals surface area contributed by atoms with Gasteiger partial charge < -0.3 is 26.2 Å². The van der Waals surface area contributed by atoms with Gasteiger partial charge in [0.2, 0.25) is 17.8 Å². The fraction of sp³-hybridized carbons (Fsp3) is 0.412. The predicted molar refractivity (Wildman–Crippen MR) is 176 cm³/mol. The third-order valence-corrected chi connectivity index (χ3v) is 6.62. The highest BCUT2D eigenvalue weighted by Gasteiger charge is 2.27. The summed E-state index contributed by atoms with van der Waals surface area (Å²) in [5, 5.41) is 39.1. The minimum absolute atomic E-state index is 0.0389. The topological polar surface area (TPSA) is 193 Å². The van der Waals surface area contributed by atoms with Gasteiger partial charge in [0.25, 0.3) is 0 Å². The summed E-state index contributed by atoms with van der Waals surface area (Å²) < 4.78 is 0. The summed E-state index contributed by atoms with van der Waals surface area (Å²) in [4.78, 5) is 53.7.